The van der Waals surface area contributed by atoms with Crippen LogP contribution in [0, 0.1) is 0 Å². The highest BCUT2D eigenvalue weighted by Gasteiger charge is 2.18. The second-order valence-electron chi connectivity index (χ2n) is 5.42. The minimum Gasteiger partial charge on any atom is -0.378 e. The fourth-order valence-electron chi connectivity index (χ4n) is 2.63. The molecule has 0 unspecified atom stereocenters. The Morgan fingerprint density at radius 1 is 1.30 bits per heavy atom. The van der Waals surface area contributed by atoms with E-state index in [-0.39, 0.29) is 5.91 Å². The summed E-state index contributed by atoms with van der Waals surface area (Å²) in [5, 5.41) is 7.77. The van der Waals surface area contributed by atoms with Gasteiger partial charge in [0.15, 0.2) is 0 Å². The summed E-state index contributed by atoms with van der Waals surface area (Å²) >= 11 is 8.02. The Morgan fingerprint density at radius 2 is 2.13 bits per heavy atom. The number of halogens is 1. The van der Waals surface area contributed by atoms with Crippen molar-refractivity contribution < 1.29 is 9.53 Å². The first-order valence-electron chi connectivity index (χ1n) is 7.66. The molecule has 3 rings (SSSR count). The Hall–Kier alpha value is -1.56. The molecular formula is C17H19ClN2O2S. The Labute approximate surface area is 145 Å². The number of rotatable bonds is 5. The van der Waals surface area contributed by atoms with Crippen LogP contribution < -0.4 is 10.2 Å². The molecule has 1 aromatic carbocycles. The zero-order valence-corrected chi connectivity index (χ0v) is 14.3. The lowest BCUT2D eigenvalue weighted by Crippen LogP contribution is -2.37. The van der Waals surface area contributed by atoms with E-state index >= 15 is 0 Å². The minimum absolute atomic E-state index is 0.00739. The van der Waals surface area contributed by atoms with Gasteiger partial charge in [0.2, 0.25) is 5.91 Å². The highest BCUT2D eigenvalue weighted by Crippen LogP contribution is 2.34. The van der Waals surface area contributed by atoms with Crippen molar-refractivity contribution in [1.82, 2.24) is 0 Å². The average Bonchev–Trinajstić information content (AvgIpc) is 3.07. The molecule has 0 radical (unpaired) electrons. The van der Waals surface area contributed by atoms with Crippen LogP contribution >= 0.6 is 22.9 Å². The van der Waals surface area contributed by atoms with E-state index in [1.165, 1.54) is 5.56 Å². The molecule has 0 aliphatic carbocycles. The predicted molar refractivity (Wildman–Crippen MR) is 95.8 cm³/mol. The van der Waals surface area contributed by atoms with Gasteiger partial charge in [0, 0.05) is 19.5 Å². The molecule has 1 aliphatic rings. The second-order valence-corrected chi connectivity index (χ2v) is 6.60. The summed E-state index contributed by atoms with van der Waals surface area (Å²) in [5.74, 6) is 0.00739. The zero-order valence-electron chi connectivity index (χ0n) is 12.8. The van der Waals surface area contributed by atoms with E-state index in [0.717, 1.165) is 30.9 Å². The molecule has 1 fully saturated rings. The van der Waals surface area contributed by atoms with E-state index in [1.807, 2.05) is 23.6 Å². The molecule has 1 amide bonds. The number of benzene rings is 1. The monoisotopic (exact) mass is 350 g/mol. The van der Waals surface area contributed by atoms with Crippen molar-refractivity contribution >= 4 is 40.2 Å². The Balaban J connectivity index is 1.69. The molecule has 4 nitrogen and oxygen atoms in total. The van der Waals surface area contributed by atoms with Gasteiger partial charge in [-0.1, -0.05) is 17.7 Å². The van der Waals surface area contributed by atoms with Gasteiger partial charge in [0.25, 0.3) is 0 Å². The van der Waals surface area contributed by atoms with Crippen LogP contribution in [0.1, 0.15) is 12.0 Å². The lowest BCUT2D eigenvalue weighted by molar-refractivity contribution is -0.116. The third-order valence-corrected chi connectivity index (χ3v) is 4.85. The van der Waals surface area contributed by atoms with Gasteiger partial charge in [-0.05, 0) is 40.9 Å². The zero-order chi connectivity index (χ0) is 16.1. The number of morpholine rings is 1. The number of hydrogen-bond donors (Lipinski definition) is 1. The van der Waals surface area contributed by atoms with Gasteiger partial charge < -0.3 is 15.0 Å². The summed E-state index contributed by atoms with van der Waals surface area (Å²) in [6, 6.07) is 7.67. The first-order chi connectivity index (χ1) is 11.2. The molecule has 1 saturated heterocycles. The van der Waals surface area contributed by atoms with Gasteiger partial charge in [-0.15, -0.1) is 0 Å². The number of carbonyl (C=O) groups is 1. The summed E-state index contributed by atoms with van der Waals surface area (Å²) in [7, 11) is 0. The van der Waals surface area contributed by atoms with E-state index < -0.39 is 0 Å². The number of amides is 1. The van der Waals surface area contributed by atoms with Crippen molar-refractivity contribution in [2.45, 2.75) is 12.8 Å². The van der Waals surface area contributed by atoms with Crippen molar-refractivity contribution in [2.75, 3.05) is 36.5 Å². The van der Waals surface area contributed by atoms with Crippen molar-refractivity contribution in [3.63, 3.8) is 0 Å². The molecule has 6 heteroatoms. The van der Waals surface area contributed by atoms with E-state index in [9.17, 15) is 4.79 Å². The van der Waals surface area contributed by atoms with Crippen LogP contribution in [0.2, 0.25) is 5.02 Å². The lowest BCUT2D eigenvalue weighted by Gasteiger charge is -2.31. The second kappa shape index (κ2) is 7.81. The Bertz CT molecular complexity index is 655. The number of ether oxygens (including phenoxy) is 1. The fourth-order valence-corrected chi connectivity index (χ4v) is 3.63. The number of anilines is 2. The quantitative estimate of drug-likeness (QED) is 0.891. The first kappa shape index (κ1) is 16.3. The summed E-state index contributed by atoms with van der Waals surface area (Å²) in [6.07, 6.45) is 1.22. The van der Waals surface area contributed by atoms with Crippen LogP contribution in [0.15, 0.2) is 35.0 Å². The smallest absolute Gasteiger partial charge is 0.224 e. The summed E-state index contributed by atoms with van der Waals surface area (Å²) in [5.41, 5.74) is 2.86. The van der Waals surface area contributed by atoms with Crippen molar-refractivity contribution in [1.29, 1.82) is 0 Å². The Kier molecular flexibility index (Phi) is 5.54. The molecule has 2 aromatic rings. The standard InChI is InChI=1S/C17H19ClN2O2S/c18-14-2-1-3-15(17(14)20-7-9-22-10-8-20)19-16(21)5-4-13-6-11-23-12-13/h1-3,6,11-12H,4-5,7-10H2,(H,19,21). The van der Waals surface area contributed by atoms with Crippen molar-refractivity contribution in [2.24, 2.45) is 0 Å². The minimum atomic E-state index is 0.00739. The largest absolute Gasteiger partial charge is 0.378 e. The molecule has 0 bridgehead atoms. The molecule has 1 N–H and O–H groups in total. The number of nitrogens with zero attached hydrogens (tertiary/aromatic N) is 1. The van der Waals surface area contributed by atoms with Gasteiger partial charge in [0.1, 0.15) is 0 Å². The predicted octanol–water partition coefficient (Wildman–Crippen LogP) is 3.81. The van der Waals surface area contributed by atoms with E-state index in [2.05, 4.69) is 21.7 Å². The maximum absolute atomic E-state index is 12.3. The highest BCUT2D eigenvalue weighted by molar-refractivity contribution is 7.07. The maximum Gasteiger partial charge on any atom is 0.224 e. The van der Waals surface area contributed by atoms with Crippen molar-refractivity contribution in [3.05, 3.63) is 45.6 Å². The first-order valence-corrected chi connectivity index (χ1v) is 8.98. The molecule has 122 valence electrons. The molecule has 0 saturated carbocycles. The maximum atomic E-state index is 12.3. The topological polar surface area (TPSA) is 41.6 Å². The Morgan fingerprint density at radius 3 is 2.87 bits per heavy atom. The third kappa shape index (κ3) is 4.25. The van der Waals surface area contributed by atoms with Crippen LogP contribution in [0.5, 0.6) is 0 Å². The van der Waals surface area contributed by atoms with Gasteiger partial charge >= 0.3 is 0 Å². The van der Waals surface area contributed by atoms with Crippen LogP contribution in [-0.2, 0) is 16.0 Å². The number of nitrogens with one attached hydrogen (secondary N) is 1. The number of carbonyl (C=O) groups excluding carboxylic acids is 1. The number of aryl methyl sites for hydroxylation is 1. The van der Waals surface area contributed by atoms with E-state index in [1.54, 1.807) is 11.3 Å². The summed E-state index contributed by atoms with van der Waals surface area (Å²) in [4.78, 5) is 14.4. The van der Waals surface area contributed by atoms with E-state index in [0.29, 0.717) is 24.7 Å². The lowest BCUT2D eigenvalue weighted by atomic mass is 10.1. The summed E-state index contributed by atoms with van der Waals surface area (Å²) in [6.45, 7) is 2.91. The van der Waals surface area contributed by atoms with Gasteiger partial charge in [-0.3, -0.25) is 4.79 Å². The molecule has 23 heavy (non-hydrogen) atoms. The molecule has 0 spiro atoms. The SMILES string of the molecule is O=C(CCc1ccsc1)Nc1cccc(Cl)c1N1CCOCC1. The van der Waals surface area contributed by atoms with Gasteiger partial charge in [-0.25, -0.2) is 0 Å². The van der Waals surface area contributed by atoms with Crippen LogP contribution in [-0.4, -0.2) is 32.2 Å². The highest BCUT2D eigenvalue weighted by atomic mass is 35.5. The molecule has 2 heterocycles. The normalized spacial score (nSPS) is 14.7. The molecule has 0 atom stereocenters. The van der Waals surface area contributed by atoms with Crippen LogP contribution in [0.4, 0.5) is 11.4 Å². The fraction of sp³-hybridized carbons (Fsp3) is 0.353. The van der Waals surface area contributed by atoms with E-state index in [4.69, 9.17) is 16.3 Å². The number of thiophene rings is 1. The average molecular weight is 351 g/mol. The van der Waals surface area contributed by atoms with Gasteiger partial charge in [0.05, 0.1) is 29.6 Å². The molecule has 1 aromatic heterocycles. The molecular weight excluding hydrogens is 332 g/mol. The van der Waals surface area contributed by atoms with Crippen molar-refractivity contribution in [3.8, 4) is 0 Å². The van der Waals surface area contributed by atoms with Gasteiger partial charge in [-0.2, -0.15) is 11.3 Å². The number of hydrogen-bond acceptors (Lipinski definition) is 4. The third-order valence-electron chi connectivity index (χ3n) is 3.81. The van der Waals surface area contributed by atoms with Crippen LogP contribution in [0.25, 0.3) is 0 Å². The summed E-state index contributed by atoms with van der Waals surface area (Å²) < 4.78 is 5.39. The number of para-hydroxylation sites is 1. The van der Waals surface area contributed by atoms with Crippen LogP contribution in [0.3, 0.4) is 0 Å². The molecule has 1 aliphatic heterocycles.